The summed E-state index contributed by atoms with van der Waals surface area (Å²) in [5, 5.41) is 9.48. The van der Waals surface area contributed by atoms with Gasteiger partial charge in [0.15, 0.2) is 5.82 Å². The minimum atomic E-state index is -4.57. The van der Waals surface area contributed by atoms with Crippen LogP contribution in [0.5, 0.6) is 0 Å². The number of amides is 1. The fourth-order valence-electron chi connectivity index (χ4n) is 2.77. The Morgan fingerprint density at radius 2 is 2.11 bits per heavy atom. The maximum atomic E-state index is 13.2. The van der Waals surface area contributed by atoms with Gasteiger partial charge in [-0.15, -0.1) is 12.4 Å². The van der Waals surface area contributed by atoms with Gasteiger partial charge in [0, 0.05) is 37.8 Å². The third kappa shape index (κ3) is 4.96. The number of halogens is 4. The van der Waals surface area contributed by atoms with Crippen LogP contribution in [-0.4, -0.2) is 47.6 Å². The number of hydrogen-bond acceptors (Lipinski definition) is 6. The summed E-state index contributed by atoms with van der Waals surface area (Å²) in [5.41, 5.74) is -0.803. The highest BCUT2D eigenvalue weighted by molar-refractivity contribution is 5.89. The second-order valence-corrected chi connectivity index (χ2v) is 6.14. The van der Waals surface area contributed by atoms with Gasteiger partial charge < -0.3 is 15.2 Å². The number of alkyl halides is 3. The van der Waals surface area contributed by atoms with E-state index in [1.807, 2.05) is 11.9 Å². The van der Waals surface area contributed by atoms with Crippen LogP contribution in [0, 0.1) is 0 Å². The zero-order valence-electron chi connectivity index (χ0n) is 14.6. The summed E-state index contributed by atoms with van der Waals surface area (Å²) in [6, 6.07) is 3.03. The molecule has 0 aliphatic carbocycles. The topological polar surface area (TPSA) is 83.3 Å². The smallest absolute Gasteiger partial charge is 0.334 e. The highest BCUT2D eigenvalue weighted by Gasteiger charge is 2.32. The average Bonchev–Trinajstić information content (AvgIpc) is 3.03. The Balaban J connectivity index is 0.00000261. The van der Waals surface area contributed by atoms with Gasteiger partial charge in [-0.25, -0.2) is 0 Å². The molecule has 1 aromatic carbocycles. The zero-order chi connectivity index (χ0) is 18.9. The molecule has 148 valence electrons. The monoisotopic (exact) mass is 405 g/mol. The molecule has 2 aromatic rings. The zero-order valence-corrected chi connectivity index (χ0v) is 15.4. The number of hydrogen-bond donors (Lipinski definition) is 2. The van der Waals surface area contributed by atoms with Crippen molar-refractivity contribution in [2.75, 3.05) is 32.0 Å². The molecule has 1 fully saturated rings. The lowest BCUT2D eigenvalue weighted by molar-refractivity contribution is -0.137. The van der Waals surface area contributed by atoms with E-state index in [-0.39, 0.29) is 35.6 Å². The van der Waals surface area contributed by atoms with Crippen LogP contribution in [0.4, 0.5) is 18.9 Å². The molecule has 0 saturated carbocycles. The molecule has 7 nitrogen and oxygen atoms in total. The molecule has 2 heterocycles. The third-order valence-corrected chi connectivity index (χ3v) is 4.08. The Morgan fingerprint density at radius 3 is 2.74 bits per heavy atom. The number of likely N-dealkylation sites (N-methyl/N-ethyl adjacent to an activating group) is 1. The van der Waals surface area contributed by atoms with Gasteiger partial charge in [0.1, 0.15) is 0 Å². The van der Waals surface area contributed by atoms with Crippen LogP contribution in [0.1, 0.15) is 24.4 Å². The summed E-state index contributed by atoms with van der Waals surface area (Å²) in [4.78, 5) is 17.5. The molecule has 0 bridgehead atoms. The van der Waals surface area contributed by atoms with Gasteiger partial charge in [-0.2, -0.15) is 18.2 Å². The second kappa shape index (κ2) is 8.24. The van der Waals surface area contributed by atoms with Gasteiger partial charge in [-0.1, -0.05) is 5.16 Å². The molecule has 1 aliphatic heterocycles. The van der Waals surface area contributed by atoms with Crippen LogP contribution in [0.3, 0.4) is 0 Å². The summed E-state index contributed by atoms with van der Waals surface area (Å²) >= 11 is 0. The molecule has 0 spiro atoms. The molecule has 1 unspecified atom stereocenters. The molecule has 27 heavy (non-hydrogen) atoms. The van der Waals surface area contributed by atoms with Crippen molar-refractivity contribution < 1.29 is 22.5 Å². The third-order valence-electron chi connectivity index (χ3n) is 4.08. The largest absolute Gasteiger partial charge is 0.416 e. The van der Waals surface area contributed by atoms with Gasteiger partial charge in [0.2, 0.25) is 5.91 Å². The van der Waals surface area contributed by atoms with Crippen LogP contribution >= 0.6 is 12.4 Å². The van der Waals surface area contributed by atoms with Gasteiger partial charge in [0.05, 0.1) is 11.6 Å². The van der Waals surface area contributed by atoms with Crippen molar-refractivity contribution in [3.63, 3.8) is 0 Å². The molecule has 0 radical (unpaired) electrons. The van der Waals surface area contributed by atoms with E-state index < -0.39 is 17.6 Å². The number of piperazine rings is 1. The predicted molar refractivity (Wildman–Crippen MR) is 94.5 cm³/mol. The molecular formula is C16H19ClF3N5O2. The van der Waals surface area contributed by atoms with E-state index in [0.29, 0.717) is 12.4 Å². The van der Waals surface area contributed by atoms with Gasteiger partial charge in [-0.3, -0.25) is 9.69 Å². The number of rotatable bonds is 3. The lowest BCUT2D eigenvalue weighted by Gasteiger charge is -2.30. The average molecular weight is 406 g/mol. The number of nitrogens with zero attached hydrogens (tertiary/aromatic N) is 3. The standard InChI is InChI=1S/C16H18F3N5O2.ClH/c1-9(25)21-12-6-10(5-11(7-12)16(17,18)19)15-22-14(23-26-15)13-8-20-3-4-24(13)2;/h5-7,13,20H,3-4,8H2,1-2H3,(H,21,25);1H. The Bertz CT molecular complexity index is 812. The maximum absolute atomic E-state index is 13.2. The van der Waals surface area contributed by atoms with Crippen molar-refractivity contribution in [2.24, 2.45) is 0 Å². The molecule has 1 atom stereocenters. The van der Waals surface area contributed by atoms with Crippen molar-refractivity contribution in [1.29, 1.82) is 0 Å². The number of aromatic nitrogens is 2. The molecule has 3 rings (SSSR count). The van der Waals surface area contributed by atoms with Crippen molar-refractivity contribution in [3.05, 3.63) is 29.6 Å². The maximum Gasteiger partial charge on any atom is 0.416 e. The predicted octanol–water partition coefficient (Wildman–Crippen LogP) is 2.71. The molecule has 1 aliphatic rings. The van der Waals surface area contributed by atoms with Crippen molar-refractivity contribution >= 4 is 24.0 Å². The minimum absolute atomic E-state index is 0. The molecule has 11 heteroatoms. The Hall–Kier alpha value is -2.17. The minimum Gasteiger partial charge on any atom is -0.334 e. The Kier molecular flexibility index (Phi) is 6.45. The summed E-state index contributed by atoms with van der Waals surface area (Å²) in [7, 11) is 1.92. The molecule has 1 aromatic heterocycles. The number of anilines is 1. The lowest BCUT2D eigenvalue weighted by atomic mass is 10.1. The van der Waals surface area contributed by atoms with Crippen LogP contribution in [0.15, 0.2) is 22.7 Å². The highest BCUT2D eigenvalue weighted by atomic mass is 35.5. The van der Waals surface area contributed by atoms with Gasteiger partial charge in [-0.05, 0) is 25.2 Å². The molecule has 1 amide bonds. The van der Waals surface area contributed by atoms with Crippen molar-refractivity contribution in [2.45, 2.75) is 19.1 Å². The summed E-state index contributed by atoms with van der Waals surface area (Å²) in [5.74, 6) is -0.110. The fraction of sp³-hybridized carbons (Fsp3) is 0.438. The first kappa shape index (κ1) is 21.1. The Morgan fingerprint density at radius 1 is 1.37 bits per heavy atom. The quantitative estimate of drug-likeness (QED) is 0.817. The first-order valence-electron chi connectivity index (χ1n) is 7.99. The number of nitrogens with one attached hydrogen (secondary N) is 2. The van der Waals surface area contributed by atoms with E-state index in [0.717, 1.165) is 25.2 Å². The fourth-order valence-corrected chi connectivity index (χ4v) is 2.77. The van der Waals surface area contributed by atoms with Crippen LogP contribution < -0.4 is 10.6 Å². The molecular weight excluding hydrogens is 387 g/mol. The SMILES string of the molecule is CC(=O)Nc1cc(-c2nc(C3CNCCN3C)no2)cc(C(F)(F)F)c1.Cl. The number of carbonyl (C=O) groups excluding carboxylic acids is 1. The first-order valence-corrected chi connectivity index (χ1v) is 7.99. The van der Waals surface area contributed by atoms with Gasteiger partial charge >= 0.3 is 6.18 Å². The van der Waals surface area contributed by atoms with E-state index in [1.54, 1.807) is 0 Å². The van der Waals surface area contributed by atoms with E-state index in [9.17, 15) is 18.0 Å². The first-order chi connectivity index (χ1) is 12.2. The summed E-state index contributed by atoms with van der Waals surface area (Å²) < 4.78 is 44.6. The van der Waals surface area contributed by atoms with E-state index in [4.69, 9.17) is 4.52 Å². The van der Waals surface area contributed by atoms with Gasteiger partial charge in [0.25, 0.3) is 5.89 Å². The second-order valence-electron chi connectivity index (χ2n) is 6.14. The van der Waals surface area contributed by atoms with Crippen LogP contribution in [0.25, 0.3) is 11.5 Å². The summed E-state index contributed by atoms with van der Waals surface area (Å²) in [6.07, 6.45) is -4.57. The number of benzene rings is 1. The van der Waals surface area contributed by atoms with Crippen LogP contribution in [0.2, 0.25) is 0 Å². The van der Waals surface area contributed by atoms with E-state index in [1.165, 1.54) is 13.0 Å². The van der Waals surface area contributed by atoms with Crippen molar-refractivity contribution in [1.82, 2.24) is 20.4 Å². The van der Waals surface area contributed by atoms with Crippen molar-refractivity contribution in [3.8, 4) is 11.5 Å². The molecule has 2 N–H and O–H groups in total. The normalized spacial score (nSPS) is 18.0. The lowest BCUT2D eigenvalue weighted by Crippen LogP contribution is -2.44. The Labute approximate surface area is 159 Å². The highest BCUT2D eigenvalue weighted by Crippen LogP contribution is 2.35. The van der Waals surface area contributed by atoms with E-state index in [2.05, 4.69) is 20.8 Å². The molecule has 1 saturated heterocycles. The van der Waals surface area contributed by atoms with Crippen LogP contribution in [-0.2, 0) is 11.0 Å². The van der Waals surface area contributed by atoms with E-state index >= 15 is 0 Å². The summed E-state index contributed by atoms with van der Waals surface area (Å²) in [6.45, 7) is 3.47. The number of carbonyl (C=O) groups is 1.